The lowest BCUT2D eigenvalue weighted by molar-refractivity contribution is 0.0952. The highest BCUT2D eigenvalue weighted by Gasteiger charge is 2.32. The fraction of sp³-hybridized carbons (Fsp3) is 0.0800. The lowest BCUT2D eigenvalue weighted by Crippen LogP contribution is -2.30. The molecule has 5 nitrogen and oxygen atoms in total. The van der Waals surface area contributed by atoms with Crippen LogP contribution in [-0.2, 0) is 16.6 Å². The van der Waals surface area contributed by atoms with E-state index in [9.17, 15) is 17.6 Å². The van der Waals surface area contributed by atoms with Crippen molar-refractivity contribution in [3.63, 3.8) is 0 Å². The second-order valence-corrected chi connectivity index (χ2v) is 10.1. The number of nitrogens with zero attached hydrogens (tertiary/aromatic N) is 1. The monoisotopic (exact) mass is 480 g/mol. The fourth-order valence-corrected chi connectivity index (χ4v) is 6.26. The largest absolute Gasteiger partial charge is 0.347 e. The third-order valence-electron chi connectivity index (χ3n) is 5.12. The van der Waals surface area contributed by atoms with Crippen LogP contribution in [0.25, 0.3) is 11.1 Å². The predicted octanol–water partition coefficient (Wildman–Crippen LogP) is 5.31. The zero-order valence-corrected chi connectivity index (χ0v) is 19.4. The summed E-state index contributed by atoms with van der Waals surface area (Å²) in [5, 5.41) is 4.38. The summed E-state index contributed by atoms with van der Waals surface area (Å²) in [6, 6.07) is 23.6. The summed E-state index contributed by atoms with van der Waals surface area (Å²) in [4.78, 5) is 13.0. The number of carbonyl (C=O) groups is 1. The van der Waals surface area contributed by atoms with E-state index in [1.54, 1.807) is 41.8 Å². The number of hydrogen-bond donors (Lipinski definition) is 1. The quantitative estimate of drug-likeness (QED) is 0.390. The van der Waals surface area contributed by atoms with Crippen molar-refractivity contribution < 1.29 is 17.6 Å². The summed E-state index contributed by atoms with van der Waals surface area (Å²) in [7, 11) is -2.70. The van der Waals surface area contributed by atoms with Crippen LogP contribution in [0.5, 0.6) is 0 Å². The molecule has 0 aliphatic heterocycles. The van der Waals surface area contributed by atoms with Gasteiger partial charge in [0.1, 0.15) is 15.6 Å². The van der Waals surface area contributed by atoms with Gasteiger partial charge in [0.25, 0.3) is 15.9 Å². The molecule has 0 saturated carbocycles. The van der Waals surface area contributed by atoms with E-state index in [2.05, 4.69) is 5.32 Å². The average Bonchev–Trinajstić information content (AvgIpc) is 3.30. The number of para-hydroxylation sites is 1. The maximum Gasteiger partial charge on any atom is 0.266 e. The van der Waals surface area contributed by atoms with Gasteiger partial charge in [0.2, 0.25) is 0 Å². The van der Waals surface area contributed by atoms with Crippen molar-refractivity contribution in [2.45, 2.75) is 11.4 Å². The molecule has 0 aliphatic rings. The van der Waals surface area contributed by atoms with Crippen LogP contribution < -0.4 is 9.62 Å². The summed E-state index contributed by atoms with van der Waals surface area (Å²) in [6.45, 7) is 0.251. The lowest BCUT2D eigenvalue weighted by atomic mass is 10.1. The summed E-state index contributed by atoms with van der Waals surface area (Å²) < 4.78 is 42.5. The molecular formula is C25H21FN2O3S2. The number of thiophene rings is 1. The SMILES string of the molecule is CN(c1ccccc1)S(=O)(=O)c1c(-c2cccc(F)c2)csc1C(=O)NCc1ccccc1. The van der Waals surface area contributed by atoms with Gasteiger partial charge in [-0.2, -0.15) is 0 Å². The van der Waals surface area contributed by atoms with Gasteiger partial charge < -0.3 is 5.32 Å². The van der Waals surface area contributed by atoms with Gasteiger partial charge in [-0.1, -0.05) is 60.7 Å². The molecule has 1 amide bonds. The molecule has 1 aromatic heterocycles. The van der Waals surface area contributed by atoms with Crippen LogP contribution in [0.4, 0.5) is 10.1 Å². The van der Waals surface area contributed by atoms with E-state index in [4.69, 9.17) is 0 Å². The van der Waals surface area contributed by atoms with Crippen molar-refractivity contribution >= 4 is 33.0 Å². The molecule has 0 fully saturated rings. The Hall–Kier alpha value is -3.49. The molecule has 4 rings (SSSR count). The van der Waals surface area contributed by atoms with E-state index < -0.39 is 21.7 Å². The Morgan fingerprint density at radius 3 is 2.30 bits per heavy atom. The first kappa shape index (κ1) is 22.7. The molecule has 33 heavy (non-hydrogen) atoms. The number of benzene rings is 3. The molecule has 1 N–H and O–H groups in total. The molecule has 3 aromatic carbocycles. The number of sulfonamides is 1. The Bertz CT molecular complexity index is 1370. The van der Waals surface area contributed by atoms with Crippen LogP contribution in [0, 0.1) is 5.82 Å². The minimum absolute atomic E-state index is 0.0490. The van der Waals surface area contributed by atoms with Gasteiger partial charge in [-0.15, -0.1) is 11.3 Å². The molecule has 0 saturated heterocycles. The smallest absolute Gasteiger partial charge is 0.266 e. The first-order chi connectivity index (χ1) is 15.9. The van der Waals surface area contributed by atoms with E-state index in [1.807, 2.05) is 30.3 Å². The van der Waals surface area contributed by atoms with Crippen molar-refractivity contribution in [3.05, 3.63) is 107 Å². The molecule has 1 heterocycles. The fourth-order valence-electron chi connectivity index (χ4n) is 3.39. The molecular weight excluding hydrogens is 459 g/mol. The zero-order valence-electron chi connectivity index (χ0n) is 17.7. The maximum atomic E-state index is 13.9. The van der Waals surface area contributed by atoms with Crippen molar-refractivity contribution in [2.24, 2.45) is 0 Å². The van der Waals surface area contributed by atoms with Crippen LogP contribution in [0.2, 0.25) is 0 Å². The molecule has 0 unspecified atom stereocenters. The first-order valence-corrected chi connectivity index (χ1v) is 12.4. The predicted molar refractivity (Wildman–Crippen MR) is 129 cm³/mol. The van der Waals surface area contributed by atoms with Crippen molar-refractivity contribution in [3.8, 4) is 11.1 Å². The number of amides is 1. The highest BCUT2D eigenvalue weighted by atomic mass is 32.2. The minimum Gasteiger partial charge on any atom is -0.347 e. The van der Waals surface area contributed by atoms with Crippen LogP contribution in [-0.4, -0.2) is 21.4 Å². The van der Waals surface area contributed by atoms with E-state index in [0.717, 1.165) is 21.2 Å². The van der Waals surface area contributed by atoms with E-state index in [1.165, 1.54) is 25.2 Å². The summed E-state index contributed by atoms with van der Waals surface area (Å²) >= 11 is 1.02. The molecule has 168 valence electrons. The standard InChI is InChI=1S/C25H21FN2O3S2/c1-28(21-13-6-3-7-14-21)33(30,31)24-22(19-11-8-12-20(26)15-19)17-32-23(24)25(29)27-16-18-9-4-2-5-10-18/h2-15,17H,16H2,1H3,(H,27,29). The maximum absolute atomic E-state index is 13.9. The number of rotatable bonds is 7. The number of nitrogens with one attached hydrogen (secondary N) is 1. The molecule has 4 aromatic rings. The van der Waals surface area contributed by atoms with Crippen LogP contribution in [0.15, 0.2) is 95.2 Å². The van der Waals surface area contributed by atoms with Crippen molar-refractivity contribution in [1.29, 1.82) is 0 Å². The van der Waals surface area contributed by atoms with E-state index in [0.29, 0.717) is 11.3 Å². The zero-order chi connectivity index (χ0) is 23.4. The summed E-state index contributed by atoms with van der Waals surface area (Å²) in [5.41, 5.74) is 2.00. The highest BCUT2D eigenvalue weighted by molar-refractivity contribution is 7.93. The molecule has 0 radical (unpaired) electrons. The molecule has 8 heteroatoms. The van der Waals surface area contributed by atoms with Crippen LogP contribution >= 0.6 is 11.3 Å². The van der Waals surface area contributed by atoms with Crippen LogP contribution in [0.3, 0.4) is 0 Å². The number of hydrogen-bond acceptors (Lipinski definition) is 4. The second kappa shape index (κ2) is 9.56. The van der Waals surface area contributed by atoms with Gasteiger partial charge in [0.05, 0.1) is 5.69 Å². The van der Waals surface area contributed by atoms with Gasteiger partial charge in [-0.3, -0.25) is 9.10 Å². The summed E-state index contributed by atoms with van der Waals surface area (Å²) in [6.07, 6.45) is 0. The second-order valence-electron chi connectivity index (χ2n) is 7.29. The average molecular weight is 481 g/mol. The Kier molecular flexibility index (Phi) is 6.57. The van der Waals surface area contributed by atoms with E-state index in [-0.39, 0.29) is 21.9 Å². The Balaban J connectivity index is 1.78. The molecule has 0 aliphatic carbocycles. The minimum atomic E-state index is -4.14. The number of halogens is 1. The van der Waals surface area contributed by atoms with Gasteiger partial charge in [0, 0.05) is 24.5 Å². The first-order valence-electron chi connectivity index (χ1n) is 10.1. The normalized spacial score (nSPS) is 11.2. The third kappa shape index (κ3) is 4.81. The molecule has 0 atom stereocenters. The third-order valence-corrected chi connectivity index (χ3v) is 8.10. The van der Waals surface area contributed by atoms with Gasteiger partial charge >= 0.3 is 0 Å². The Labute approximate surface area is 196 Å². The van der Waals surface area contributed by atoms with Crippen molar-refractivity contribution in [1.82, 2.24) is 5.32 Å². The van der Waals surface area contributed by atoms with Crippen molar-refractivity contribution in [2.75, 3.05) is 11.4 Å². The summed E-state index contributed by atoms with van der Waals surface area (Å²) in [5.74, 6) is -1.000. The molecule has 0 spiro atoms. The van der Waals surface area contributed by atoms with E-state index >= 15 is 0 Å². The highest BCUT2D eigenvalue weighted by Crippen LogP contribution is 2.38. The number of carbonyl (C=O) groups excluding carboxylic acids is 1. The molecule has 0 bridgehead atoms. The lowest BCUT2D eigenvalue weighted by Gasteiger charge is -2.21. The van der Waals surface area contributed by atoms with Crippen LogP contribution in [0.1, 0.15) is 15.2 Å². The Morgan fingerprint density at radius 1 is 0.970 bits per heavy atom. The topological polar surface area (TPSA) is 66.5 Å². The number of anilines is 1. The Morgan fingerprint density at radius 2 is 1.64 bits per heavy atom. The van der Waals surface area contributed by atoms with Gasteiger partial charge in [-0.05, 0) is 35.4 Å². The van der Waals surface area contributed by atoms with Gasteiger partial charge in [-0.25, -0.2) is 12.8 Å². The van der Waals surface area contributed by atoms with Gasteiger partial charge in [0.15, 0.2) is 0 Å².